The first-order chi connectivity index (χ1) is 28.8. The number of carbonyl (C=O) groups excluding carboxylic acids is 6. The van der Waals surface area contributed by atoms with Gasteiger partial charge in [-0.2, -0.15) is 8.42 Å². The van der Waals surface area contributed by atoms with E-state index >= 15 is 0 Å². The minimum Gasteiger partial charge on any atom is -0.379 e. The molecule has 0 radical (unpaired) electrons. The topological polar surface area (TPSA) is 227 Å². The second-order valence-corrected chi connectivity index (χ2v) is 14.9. The molecule has 3 N–H and O–H groups in total. The van der Waals surface area contributed by atoms with Crippen LogP contribution in [0, 0.1) is 11.8 Å². The number of carbonyl (C=O) groups is 6. The highest BCUT2D eigenvalue weighted by molar-refractivity contribution is 7.87. The molecule has 0 saturated carbocycles. The zero-order valence-corrected chi connectivity index (χ0v) is 35.1. The van der Waals surface area contributed by atoms with Crippen molar-refractivity contribution in [2.45, 2.75) is 64.7 Å². The number of amides is 5. The van der Waals surface area contributed by atoms with Crippen LogP contribution in [0.2, 0.25) is 0 Å². The number of para-hydroxylation sites is 1. The van der Waals surface area contributed by atoms with Crippen molar-refractivity contribution in [3.63, 3.8) is 0 Å². The summed E-state index contributed by atoms with van der Waals surface area (Å²) in [7, 11) is -4.92. The number of nitrogens with one attached hydrogen (secondary N) is 2. The van der Waals surface area contributed by atoms with Crippen LogP contribution >= 0.6 is 0 Å². The number of ether oxygens (including phenoxy) is 3. The van der Waals surface area contributed by atoms with Gasteiger partial charge in [0.05, 0.1) is 58.3 Å². The van der Waals surface area contributed by atoms with Crippen LogP contribution in [0.15, 0.2) is 48.5 Å². The largest absolute Gasteiger partial charge is 0.379 e. The average Bonchev–Trinajstić information content (AvgIpc) is 3.53. The highest BCUT2D eigenvalue weighted by Gasteiger charge is 2.33. The molecule has 2 aliphatic heterocycles. The Balaban J connectivity index is 0.00000126. The molecule has 0 aromatic heterocycles. The van der Waals surface area contributed by atoms with Crippen LogP contribution < -0.4 is 15.5 Å². The van der Waals surface area contributed by atoms with Crippen molar-refractivity contribution in [1.82, 2.24) is 20.6 Å². The van der Waals surface area contributed by atoms with Gasteiger partial charge in [-0.3, -0.25) is 28.5 Å². The molecule has 328 valence electrons. The Bertz CT molecular complexity index is 1920. The number of hydrogen-bond donors (Lipinski definition) is 3. The number of anilines is 1. The lowest BCUT2D eigenvalue weighted by Gasteiger charge is -2.26. The van der Waals surface area contributed by atoms with Crippen molar-refractivity contribution in [1.29, 1.82) is 0 Å². The van der Waals surface area contributed by atoms with Crippen molar-refractivity contribution >= 4 is 51.3 Å². The van der Waals surface area contributed by atoms with Crippen LogP contribution in [0.5, 0.6) is 0 Å². The fraction of sp³-hybridized carbons (Fsp3) is 0.512. The molecule has 5 amide bonds. The summed E-state index contributed by atoms with van der Waals surface area (Å²) in [5.74, 6) is 2.25. The molecule has 0 aliphatic carbocycles. The molecular weight excluding hydrogens is 803 g/mol. The molecule has 19 heteroatoms. The molecule has 60 heavy (non-hydrogen) atoms. The Labute approximate surface area is 350 Å². The molecule has 4 rings (SSSR count). The first-order valence-electron chi connectivity index (χ1n) is 19.8. The van der Waals surface area contributed by atoms with Gasteiger partial charge in [-0.1, -0.05) is 62.9 Å². The van der Waals surface area contributed by atoms with E-state index < -0.39 is 51.5 Å². The number of hydrogen-bond acceptors (Lipinski definition) is 13. The van der Waals surface area contributed by atoms with E-state index in [2.05, 4.69) is 48.1 Å². The Morgan fingerprint density at radius 3 is 1.92 bits per heavy atom. The molecule has 0 spiro atoms. The van der Waals surface area contributed by atoms with Crippen molar-refractivity contribution in [2.75, 3.05) is 77.3 Å². The molecule has 1 fully saturated rings. The highest BCUT2D eigenvalue weighted by atomic mass is 32.2. The van der Waals surface area contributed by atoms with Gasteiger partial charge >= 0.3 is 5.97 Å². The number of nitrogens with zero attached hydrogens (tertiary/aromatic N) is 3. The summed E-state index contributed by atoms with van der Waals surface area (Å²) in [4.78, 5) is 81.6. The van der Waals surface area contributed by atoms with Crippen LogP contribution in [0.4, 0.5) is 5.69 Å². The minimum atomic E-state index is -4.92. The SMILES string of the molecule is CCN(CC)CC.O=C(CCOCCOCCOCCC(=O)ON1C(=O)CCC1=O)NCC(C(=O)NCCC(=O)N1Cc2ccccc2C#Cc2ccccc21)S(=O)(=O)O. The quantitative estimate of drug-likeness (QED) is 0.0625. The monoisotopic (exact) mass is 857 g/mol. The first kappa shape index (κ1) is 49.1. The Kier molecular flexibility index (Phi) is 21.4. The Morgan fingerprint density at radius 2 is 1.32 bits per heavy atom. The average molecular weight is 858 g/mol. The van der Waals surface area contributed by atoms with E-state index in [0.717, 1.165) is 11.1 Å². The Hall–Kier alpha value is -5.23. The van der Waals surface area contributed by atoms with Gasteiger partial charge in [0.25, 0.3) is 21.9 Å². The van der Waals surface area contributed by atoms with Gasteiger partial charge in [-0.05, 0) is 43.4 Å². The van der Waals surface area contributed by atoms with E-state index in [4.69, 9.17) is 19.0 Å². The third-order valence-corrected chi connectivity index (χ3v) is 10.3. The summed E-state index contributed by atoms with van der Waals surface area (Å²) in [5.41, 5.74) is 2.86. The number of rotatable bonds is 23. The van der Waals surface area contributed by atoms with Crippen LogP contribution in [-0.2, 0) is 64.5 Å². The summed E-state index contributed by atoms with van der Waals surface area (Å²) in [6, 6.07) is 14.6. The number of imide groups is 1. The smallest absolute Gasteiger partial charge is 0.335 e. The van der Waals surface area contributed by atoms with Gasteiger partial charge in [0.1, 0.15) is 0 Å². The maximum atomic E-state index is 13.4. The Morgan fingerprint density at radius 1 is 0.767 bits per heavy atom. The van der Waals surface area contributed by atoms with Gasteiger partial charge in [-0.25, -0.2) is 4.79 Å². The zero-order valence-electron chi connectivity index (χ0n) is 34.3. The van der Waals surface area contributed by atoms with Crippen LogP contribution in [0.25, 0.3) is 0 Å². The van der Waals surface area contributed by atoms with E-state index in [1.807, 2.05) is 30.3 Å². The molecule has 2 aromatic rings. The third-order valence-electron chi connectivity index (χ3n) is 9.16. The third kappa shape index (κ3) is 16.8. The summed E-state index contributed by atoms with van der Waals surface area (Å²) in [6.07, 6.45) is -0.512. The number of hydroxylamine groups is 2. The molecule has 1 saturated heterocycles. The second-order valence-electron chi connectivity index (χ2n) is 13.3. The van der Waals surface area contributed by atoms with Crippen LogP contribution in [0.1, 0.15) is 69.6 Å². The second kappa shape index (κ2) is 26.1. The molecule has 2 aliphatic rings. The van der Waals surface area contributed by atoms with Crippen molar-refractivity contribution in [3.8, 4) is 11.8 Å². The van der Waals surface area contributed by atoms with Crippen molar-refractivity contribution in [3.05, 3.63) is 65.2 Å². The van der Waals surface area contributed by atoms with Crippen LogP contribution in [-0.4, -0.2) is 136 Å². The molecule has 2 aromatic carbocycles. The maximum Gasteiger partial charge on any atom is 0.335 e. The fourth-order valence-corrected chi connectivity index (χ4v) is 6.36. The van der Waals surface area contributed by atoms with E-state index in [-0.39, 0.29) is 90.7 Å². The molecule has 0 bridgehead atoms. The van der Waals surface area contributed by atoms with Gasteiger partial charge in [0.2, 0.25) is 17.7 Å². The summed E-state index contributed by atoms with van der Waals surface area (Å²) in [5, 5.41) is 3.12. The number of fused-ring (bicyclic) bond motifs is 2. The molecule has 2 heterocycles. The standard InChI is InChI=1S/C35H40N4O13S.C6H15N/c40-30(14-17-49-19-21-51-22-20-50-18-15-34(44)52-39-32(42)11-12-33(39)43)37-23-29(53(46,47)48)35(45)36-16-13-31(41)38-24-27-7-2-1-5-25(27)9-10-26-6-3-4-8-28(26)38;1-4-7(5-2)6-3/h1-8,29H,11-24H2,(H,36,45)(H,37,40)(H,46,47,48);4-6H2,1-3H3. The zero-order chi connectivity index (χ0) is 43.9. The molecule has 1 unspecified atom stereocenters. The lowest BCUT2D eigenvalue weighted by molar-refractivity contribution is -0.198. The van der Waals surface area contributed by atoms with E-state index in [1.165, 1.54) is 19.6 Å². The summed E-state index contributed by atoms with van der Waals surface area (Å²) < 4.78 is 49.5. The lowest BCUT2D eigenvalue weighted by Crippen LogP contribution is -2.47. The number of benzene rings is 2. The lowest BCUT2D eigenvalue weighted by atomic mass is 10.0. The molecule has 18 nitrogen and oxygen atoms in total. The normalized spacial score (nSPS) is 13.8. The summed E-state index contributed by atoms with van der Waals surface area (Å²) in [6.45, 7) is 9.96. The van der Waals surface area contributed by atoms with Gasteiger partial charge in [-0.15, -0.1) is 5.06 Å². The molecule has 1 atom stereocenters. The predicted octanol–water partition coefficient (Wildman–Crippen LogP) is 1.60. The predicted molar refractivity (Wildman–Crippen MR) is 218 cm³/mol. The van der Waals surface area contributed by atoms with Crippen molar-refractivity contribution < 1.29 is 60.8 Å². The van der Waals surface area contributed by atoms with Crippen LogP contribution in [0.3, 0.4) is 0 Å². The van der Waals surface area contributed by atoms with E-state index in [0.29, 0.717) is 16.3 Å². The minimum absolute atomic E-state index is 0.00534. The highest BCUT2D eigenvalue weighted by Crippen LogP contribution is 2.26. The first-order valence-corrected chi connectivity index (χ1v) is 21.3. The van der Waals surface area contributed by atoms with E-state index in [9.17, 15) is 41.7 Å². The maximum absolute atomic E-state index is 13.4. The van der Waals surface area contributed by atoms with Gasteiger partial charge in [0, 0.05) is 49.9 Å². The fourth-order valence-electron chi connectivity index (χ4n) is 5.72. The summed E-state index contributed by atoms with van der Waals surface area (Å²) >= 11 is 0. The van der Waals surface area contributed by atoms with Gasteiger partial charge in [0.15, 0.2) is 5.25 Å². The van der Waals surface area contributed by atoms with Gasteiger partial charge < -0.3 is 39.5 Å². The van der Waals surface area contributed by atoms with Crippen molar-refractivity contribution in [2.24, 2.45) is 0 Å². The van der Waals surface area contributed by atoms with E-state index in [1.54, 1.807) is 23.1 Å². The molecular formula is C41H55N5O13S.